The summed E-state index contributed by atoms with van der Waals surface area (Å²) >= 11 is 0. The van der Waals surface area contributed by atoms with Crippen LogP contribution in [0.4, 0.5) is 0 Å². The molecule has 0 saturated carbocycles. The van der Waals surface area contributed by atoms with Gasteiger partial charge in [-0.15, -0.1) is 0 Å². The molecule has 0 saturated heterocycles. The predicted molar refractivity (Wildman–Crippen MR) is 55.3 cm³/mol. The number of carboxylic acid groups (broad SMARTS) is 1. The maximum absolute atomic E-state index is 11.7. The molecule has 1 heterocycles. The van der Waals surface area contributed by atoms with Crippen LogP contribution in [0.2, 0.25) is 0 Å². The van der Waals surface area contributed by atoms with Crippen LogP contribution in [0, 0.1) is 5.92 Å². The van der Waals surface area contributed by atoms with Crippen LogP contribution in [0.3, 0.4) is 0 Å². The maximum Gasteiger partial charge on any atom is 0.322 e. The highest BCUT2D eigenvalue weighted by atomic mass is 32.2. The molecule has 6 nitrogen and oxygen atoms in total. The van der Waals surface area contributed by atoms with E-state index in [1.165, 1.54) is 12.3 Å². The molecule has 0 spiro atoms. The highest BCUT2D eigenvalue weighted by Crippen LogP contribution is 2.12. The Hall–Kier alpha value is -1.34. The first kappa shape index (κ1) is 12.7. The van der Waals surface area contributed by atoms with Crippen LogP contribution in [0.1, 0.15) is 13.8 Å². The van der Waals surface area contributed by atoms with Crippen LogP contribution >= 0.6 is 0 Å². The lowest BCUT2D eigenvalue weighted by atomic mass is 10.1. The number of aliphatic carboxylic acids is 1. The Morgan fingerprint density at radius 2 is 2.12 bits per heavy atom. The Bertz CT molecular complexity index is 448. The zero-order chi connectivity index (χ0) is 12.3. The van der Waals surface area contributed by atoms with Crippen LogP contribution in [0.5, 0.6) is 0 Å². The van der Waals surface area contributed by atoms with Gasteiger partial charge in [0.05, 0.1) is 6.26 Å². The van der Waals surface area contributed by atoms with Crippen LogP contribution in [0.25, 0.3) is 0 Å². The van der Waals surface area contributed by atoms with Crippen molar-refractivity contribution in [3.05, 3.63) is 18.6 Å². The number of hydrogen-bond donors (Lipinski definition) is 2. The van der Waals surface area contributed by atoms with E-state index in [4.69, 9.17) is 5.11 Å². The van der Waals surface area contributed by atoms with E-state index >= 15 is 0 Å². The molecule has 1 aromatic heterocycles. The van der Waals surface area contributed by atoms with Gasteiger partial charge in [-0.3, -0.25) is 4.79 Å². The van der Waals surface area contributed by atoms with Gasteiger partial charge in [-0.1, -0.05) is 13.8 Å². The summed E-state index contributed by atoms with van der Waals surface area (Å²) in [5, 5.41) is 8.85. The van der Waals surface area contributed by atoms with Gasteiger partial charge >= 0.3 is 5.97 Å². The number of sulfonamides is 1. The minimum absolute atomic E-state index is 0.0839. The minimum atomic E-state index is -3.83. The average Bonchev–Trinajstić information content (AvgIpc) is 2.66. The van der Waals surface area contributed by atoms with Gasteiger partial charge in [0, 0.05) is 0 Å². The fourth-order valence-corrected chi connectivity index (χ4v) is 2.37. The monoisotopic (exact) mass is 247 g/mol. The second-order valence-corrected chi connectivity index (χ2v) is 5.35. The number of carbonyl (C=O) groups is 1. The van der Waals surface area contributed by atoms with Crippen molar-refractivity contribution in [2.75, 3.05) is 0 Å². The summed E-state index contributed by atoms with van der Waals surface area (Å²) in [6.07, 6.45) is 2.25. The summed E-state index contributed by atoms with van der Waals surface area (Å²) in [5.41, 5.74) is 0. The molecule has 90 valence electrons. The summed E-state index contributed by atoms with van der Waals surface area (Å²) in [4.78, 5) is 10.8. The van der Waals surface area contributed by atoms with Gasteiger partial charge in [-0.2, -0.15) is 4.72 Å². The zero-order valence-corrected chi connectivity index (χ0v) is 9.69. The molecule has 0 aliphatic rings. The third kappa shape index (κ3) is 2.83. The molecule has 0 amide bonds. The Morgan fingerprint density at radius 1 is 1.50 bits per heavy atom. The summed E-state index contributed by atoms with van der Waals surface area (Å²) in [5.74, 6) is -1.55. The Labute approximate surface area is 93.3 Å². The van der Waals surface area contributed by atoms with E-state index in [0.29, 0.717) is 0 Å². The molecule has 1 atom stereocenters. The average molecular weight is 247 g/mol. The lowest BCUT2D eigenvalue weighted by Crippen LogP contribution is -2.44. The molecule has 0 aliphatic carbocycles. The molecular weight excluding hydrogens is 234 g/mol. The van der Waals surface area contributed by atoms with E-state index in [0.717, 1.165) is 6.26 Å². The van der Waals surface area contributed by atoms with E-state index < -0.39 is 22.0 Å². The summed E-state index contributed by atoms with van der Waals surface area (Å²) < 4.78 is 30.1. The molecule has 0 bridgehead atoms. The van der Waals surface area contributed by atoms with Crippen molar-refractivity contribution in [1.82, 2.24) is 4.72 Å². The van der Waals surface area contributed by atoms with E-state index in [2.05, 4.69) is 9.14 Å². The number of furan rings is 1. The zero-order valence-electron chi connectivity index (χ0n) is 8.88. The van der Waals surface area contributed by atoms with Gasteiger partial charge in [0.2, 0.25) is 10.0 Å². The summed E-state index contributed by atoms with van der Waals surface area (Å²) in [6.45, 7) is 3.24. The quantitative estimate of drug-likeness (QED) is 0.797. The van der Waals surface area contributed by atoms with Gasteiger partial charge in [0.25, 0.3) is 0 Å². The number of nitrogens with one attached hydrogen (secondary N) is 1. The smallest absolute Gasteiger partial charge is 0.322 e. The Morgan fingerprint density at radius 3 is 2.50 bits per heavy atom. The highest BCUT2D eigenvalue weighted by Gasteiger charge is 2.28. The lowest BCUT2D eigenvalue weighted by Gasteiger charge is -2.17. The van der Waals surface area contributed by atoms with Gasteiger partial charge in [0.15, 0.2) is 0 Å². The standard InChI is InChI=1S/C9H13NO5S/c1-6(2)8(9(11)12)10-16(13,14)7-3-4-15-5-7/h3-6,8,10H,1-2H3,(H,11,12)/t8-/m1/s1. The molecule has 0 aromatic carbocycles. The normalized spacial score (nSPS) is 13.9. The van der Waals surface area contributed by atoms with Crippen molar-refractivity contribution in [3.8, 4) is 0 Å². The van der Waals surface area contributed by atoms with Crippen LogP contribution in [0.15, 0.2) is 27.9 Å². The highest BCUT2D eigenvalue weighted by molar-refractivity contribution is 7.89. The molecular formula is C9H13NO5S. The van der Waals surface area contributed by atoms with Crippen molar-refractivity contribution in [1.29, 1.82) is 0 Å². The van der Waals surface area contributed by atoms with Crippen molar-refractivity contribution in [3.63, 3.8) is 0 Å². The second-order valence-electron chi connectivity index (χ2n) is 3.64. The number of carboxylic acids is 1. The first-order chi connectivity index (χ1) is 7.34. The van der Waals surface area contributed by atoms with E-state index in [9.17, 15) is 13.2 Å². The van der Waals surface area contributed by atoms with E-state index in [-0.39, 0.29) is 10.8 Å². The summed E-state index contributed by atoms with van der Waals surface area (Å²) in [6, 6.07) is 0.0987. The maximum atomic E-state index is 11.7. The Balaban J connectivity index is 2.92. The Kier molecular flexibility index (Phi) is 3.71. The molecule has 0 unspecified atom stereocenters. The van der Waals surface area contributed by atoms with Gasteiger partial charge < -0.3 is 9.52 Å². The van der Waals surface area contributed by atoms with Gasteiger partial charge in [-0.05, 0) is 12.0 Å². The predicted octanol–water partition coefficient (Wildman–Crippen LogP) is 0.667. The lowest BCUT2D eigenvalue weighted by molar-refractivity contribution is -0.140. The second kappa shape index (κ2) is 4.67. The molecule has 0 fully saturated rings. The minimum Gasteiger partial charge on any atom is -0.480 e. The van der Waals surface area contributed by atoms with Crippen LogP contribution < -0.4 is 4.72 Å². The SMILES string of the molecule is CC(C)[C@@H](NS(=O)(=O)c1ccoc1)C(=O)O. The van der Waals surface area contributed by atoms with E-state index in [1.807, 2.05) is 0 Å². The molecule has 0 radical (unpaired) electrons. The largest absolute Gasteiger partial charge is 0.480 e. The van der Waals surface area contributed by atoms with Gasteiger partial charge in [0.1, 0.15) is 17.2 Å². The molecule has 2 N–H and O–H groups in total. The fraction of sp³-hybridized carbons (Fsp3) is 0.444. The van der Waals surface area contributed by atoms with Crippen LogP contribution in [-0.2, 0) is 14.8 Å². The molecule has 0 aliphatic heterocycles. The first-order valence-corrected chi connectivity index (χ1v) is 6.10. The topological polar surface area (TPSA) is 96.6 Å². The molecule has 1 rings (SSSR count). The molecule has 1 aromatic rings. The fourth-order valence-electron chi connectivity index (χ4n) is 1.11. The third-order valence-corrected chi connectivity index (χ3v) is 3.44. The first-order valence-electron chi connectivity index (χ1n) is 4.62. The molecule has 16 heavy (non-hydrogen) atoms. The van der Waals surface area contributed by atoms with Gasteiger partial charge in [-0.25, -0.2) is 8.42 Å². The molecule has 7 heteroatoms. The number of hydrogen-bond acceptors (Lipinski definition) is 4. The van der Waals surface area contributed by atoms with Crippen LogP contribution in [-0.4, -0.2) is 25.5 Å². The van der Waals surface area contributed by atoms with Crippen molar-refractivity contribution < 1.29 is 22.7 Å². The van der Waals surface area contributed by atoms with Crippen molar-refractivity contribution >= 4 is 16.0 Å². The van der Waals surface area contributed by atoms with E-state index in [1.54, 1.807) is 13.8 Å². The third-order valence-electron chi connectivity index (χ3n) is 2.02. The van der Waals surface area contributed by atoms with Crippen molar-refractivity contribution in [2.24, 2.45) is 5.92 Å². The summed E-state index contributed by atoms with van der Waals surface area (Å²) in [7, 11) is -3.83. The number of rotatable bonds is 5. The van der Waals surface area contributed by atoms with Crippen molar-refractivity contribution in [2.45, 2.75) is 24.8 Å².